The molecule has 0 aliphatic heterocycles. The Hall–Kier alpha value is -3.74. The molecule has 0 bridgehead atoms. The molecule has 142 valence electrons. The molecule has 3 aromatic rings. The molecule has 0 aliphatic carbocycles. The average molecular weight is 376 g/mol. The van der Waals surface area contributed by atoms with E-state index in [2.05, 4.69) is 20.6 Å². The molecule has 0 unspecified atom stereocenters. The van der Waals surface area contributed by atoms with Crippen LogP contribution >= 0.6 is 0 Å². The summed E-state index contributed by atoms with van der Waals surface area (Å²) in [6.45, 7) is 3.38. The van der Waals surface area contributed by atoms with E-state index in [4.69, 9.17) is 4.74 Å². The number of aromatic nitrogens is 2. The van der Waals surface area contributed by atoms with Gasteiger partial charge in [0, 0.05) is 28.7 Å². The summed E-state index contributed by atoms with van der Waals surface area (Å²) in [5, 5.41) is 6.28. The summed E-state index contributed by atoms with van der Waals surface area (Å²) in [4.78, 5) is 32.1. The van der Waals surface area contributed by atoms with Gasteiger partial charge in [0.25, 0.3) is 0 Å². The van der Waals surface area contributed by atoms with Crippen LogP contribution in [0.2, 0.25) is 0 Å². The lowest BCUT2D eigenvalue weighted by Crippen LogP contribution is -2.04. The molecule has 0 amide bonds. The summed E-state index contributed by atoms with van der Waals surface area (Å²) in [6.07, 6.45) is 0. The molecule has 3 rings (SSSR count). The number of benzene rings is 2. The highest BCUT2D eigenvalue weighted by atomic mass is 16.5. The Labute approximate surface area is 162 Å². The Bertz CT molecular complexity index is 1030. The van der Waals surface area contributed by atoms with Crippen molar-refractivity contribution in [3.05, 3.63) is 71.4 Å². The largest absolute Gasteiger partial charge is 0.465 e. The van der Waals surface area contributed by atoms with Crippen molar-refractivity contribution in [3.8, 4) is 0 Å². The summed E-state index contributed by atoms with van der Waals surface area (Å²) in [7, 11) is 1.34. The zero-order valence-corrected chi connectivity index (χ0v) is 15.8. The van der Waals surface area contributed by atoms with Crippen molar-refractivity contribution in [1.82, 2.24) is 9.97 Å². The molecule has 1 aromatic heterocycles. The van der Waals surface area contributed by atoms with Gasteiger partial charge in [-0.1, -0.05) is 18.2 Å². The predicted molar refractivity (Wildman–Crippen MR) is 108 cm³/mol. The van der Waals surface area contributed by atoms with Gasteiger partial charge >= 0.3 is 5.97 Å². The number of esters is 1. The van der Waals surface area contributed by atoms with E-state index in [0.717, 1.165) is 11.4 Å². The van der Waals surface area contributed by atoms with Gasteiger partial charge < -0.3 is 15.4 Å². The van der Waals surface area contributed by atoms with Crippen molar-refractivity contribution in [2.75, 3.05) is 17.7 Å². The maximum atomic E-state index is 11.7. The van der Waals surface area contributed by atoms with Crippen LogP contribution in [0.3, 0.4) is 0 Å². The van der Waals surface area contributed by atoms with Crippen LogP contribution in [0.4, 0.5) is 23.1 Å². The molecule has 0 saturated carbocycles. The molecule has 2 N–H and O–H groups in total. The lowest BCUT2D eigenvalue weighted by Gasteiger charge is -2.11. The Morgan fingerprint density at radius 1 is 0.893 bits per heavy atom. The van der Waals surface area contributed by atoms with Crippen LogP contribution in [0.25, 0.3) is 0 Å². The van der Waals surface area contributed by atoms with Crippen LogP contribution in [0.1, 0.15) is 33.3 Å². The number of anilines is 4. The van der Waals surface area contributed by atoms with Gasteiger partial charge in [-0.2, -0.15) is 4.98 Å². The molecule has 28 heavy (non-hydrogen) atoms. The molecular weight excluding hydrogens is 356 g/mol. The second-order valence-electron chi connectivity index (χ2n) is 6.18. The minimum absolute atomic E-state index is 0.00429. The van der Waals surface area contributed by atoms with E-state index in [0.29, 0.717) is 28.6 Å². The fourth-order valence-corrected chi connectivity index (χ4v) is 2.62. The molecule has 0 fully saturated rings. The smallest absolute Gasteiger partial charge is 0.337 e. The van der Waals surface area contributed by atoms with Gasteiger partial charge in [0.15, 0.2) is 5.78 Å². The number of ketones is 1. The maximum Gasteiger partial charge on any atom is 0.337 e. The molecule has 0 aliphatic rings. The van der Waals surface area contributed by atoms with Crippen LogP contribution in [-0.2, 0) is 4.74 Å². The monoisotopic (exact) mass is 376 g/mol. The number of hydrogen-bond acceptors (Lipinski definition) is 7. The molecule has 2 aromatic carbocycles. The topological polar surface area (TPSA) is 93.2 Å². The quantitative estimate of drug-likeness (QED) is 0.490. The predicted octanol–water partition coefficient (Wildman–Crippen LogP) is 4.26. The number of hydrogen-bond donors (Lipinski definition) is 2. The zero-order valence-electron chi connectivity index (χ0n) is 15.8. The van der Waals surface area contributed by atoms with Gasteiger partial charge in [-0.3, -0.25) is 4.79 Å². The highest BCUT2D eigenvalue weighted by molar-refractivity contribution is 5.95. The minimum atomic E-state index is -0.415. The van der Waals surface area contributed by atoms with E-state index >= 15 is 0 Å². The first-order valence-electron chi connectivity index (χ1n) is 8.64. The number of carbonyl (C=O) groups is 2. The van der Waals surface area contributed by atoms with Gasteiger partial charge in [0.2, 0.25) is 5.95 Å². The number of ether oxygens (including phenoxy) is 1. The molecule has 0 atom stereocenters. The zero-order chi connectivity index (χ0) is 20.1. The number of rotatable bonds is 6. The summed E-state index contributed by atoms with van der Waals surface area (Å²) in [6, 6.07) is 15.9. The van der Waals surface area contributed by atoms with Gasteiger partial charge in [0.1, 0.15) is 5.82 Å². The number of nitrogens with zero attached hydrogens (tertiary/aromatic N) is 2. The third-order valence-electron chi connectivity index (χ3n) is 3.94. The first-order valence-corrected chi connectivity index (χ1v) is 8.64. The van der Waals surface area contributed by atoms with E-state index in [1.165, 1.54) is 14.0 Å². The van der Waals surface area contributed by atoms with E-state index in [9.17, 15) is 9.59 Å². The second-order valence-corrected chi connectivity index (χ2v) is 6.18. The molecular formula is C21H20N4O3. The third-order valence-corrected chi connectivity index (χ3v) is 3.94. The first kappa shape index (κ1) is 19.0. The van der Waals surface area contributed by atoms with Gasteiger partial charge in [-0.25, -0.2) is 9.78 Å². The molecule has 0 radical (unpaired) electrons. The van der Waals surface area contributed by atoms with E-state index in [1.807, 2.05) is 25.1 Å². The summed E-state index contributed by atoms with van der Waals surface area (Å²) >= 11 is 0. The average Bonchev–Trinajstić information content (AvgIpc) is 2.67. The van der Waals surface area contributed by atoms with Crippen LogP contribution in [0.5, 0.6) is 0 Å². The maximum absolute atomic E-state index is 11.7. The van der Waals surface area contributed by atoms with Gasteiger partial charge in [0.05, 0.1) is 12.7 Å². The molecule has 7 heteroatoms. The number of methoxy groups -OCH3 is 1. The number of nitrogens with one attached hydrogen (secondary N) is 2. The third kappa shape index (κ3) is 4.70. The van der Waals surface area contributed by atoms with Crippen molar-refractivity contribution in [3.63, 3.8) is 0 Å². The lowest BCUT2D eigenvalue weighted by molar-refractivity contribution is 0.0600. The highest BCUT2D eigenvalue weighted by Crippen LogP contribution is 2.21. The number of carbonyl (C=O) groups excluding carboxylic acids is 2. The van der Waals surface area contributed by atoms with Crippen LogP contribution in [0, 0.1) is 6.92 Å². The van der Waals surface area contributed by atoms with Gasteiger partial charge in [-0.15, -0.1) is 0 Å². The Morgan fingerprint density at radius 3 is 2.21 bits per heavy atom. The number of aryl methyl sites for hydroxylation is 1. The van der Waals surface area contributed by atoms with E-state index in [1.54, 1.807) is 36.4 Å². The molecule has 0 saturated heterocycles. The standard InChI is InChI=1S/C21H20N4O3/c1-13-10-19(23-17-8-4-6-15(11-17)14(2)26)25-21(22-13)24-18-9-5-7-16(12-18)20(27)28-3/h4-12H,1-3H3,(H2,22,23,24,25). The summed E-state index contributed by atoms with van der Waals surface area (Å²) in [5.74, 6) is 0.545. The normalized spacial score (nSPS) is 10.2. The van der Waals surface area contributed by atoms with Crippen LogP contribution in [0.15, 0.2) is 54.6 Å². The van der Waals surface area contributed by atoms with Crippen molar-refractivity contribution < 1.29 is 14.3 Å². The van der Waals surface area contributed by atoms with E-state index < -0.39 is 5.97 Å². The minimum Gasteiger partial charge on any atom is -0.465 e. The molecule has 1 heterocycles. The van der Waals surface area contributed by atoms with Crippen molar-refractivity contribution in [2.45, 2.75) is 13.8 Å². The Morgan fingerprint density at radius 2 is 1.54 bits per heavy atom. The first-order chi connectivity index (χ1) is 13.4. The number of Topliss-reactive ketones (excluding diaryl/α,β-unsaturated/α-hetero) is 1. The summed E-state index contributed by atoms with van der Waals surface area (Å²) in [5.41, 5.74) is 3.22. The fourth-order valence-electron chi connectivity index (χ4n) is 2.62. The van der Waals surface area contributed by atoms with Crippen molar-refractivity contribution in [1.29, 1.82) is 0 Å². The van der Waals surface area contributed by atoms with Gasteiger partial charge in [-0.05, 0) is 44.2 Å². The van der Waals surface area contributed by atoms with Crippen LogP contribution < -0.4 is 10.6 Å². The summed E-state index contributed by atoms with van der Waals surface area (Å²) < 4.78 is 4.74. The molecule has 7 nitrogen and oxygen atoms in total. The fraction of sp³-hybridized carbons (Fsp3) is 0.143. The lowest BCUT2D eigenvalue weighted by atomic mass is 10.1. The van der Waals surface area contributed by atoms with E-state index in [-0.39, 0.29) is 5.78 Å². The highest BCUT2D eigenvalue weighted by Gasteiger charge is 2.08. The van der Waals surface area contributed by atoms with Crippen LogP contribution in [-0.4, -0.2) is 28.8 Å². The second kappa shape index (κ2) is 8.30. The Kier molecular flexibility index (Phi) is 5.64. The molecule has 0 spiro atoms. The van der Waals surface area contributed by atoms with Crippen molar-refractivity contribution in [2.24, 2.45) is 0 Å². The van der Waals surface area contributed by atoms with Crippen molar-refractivity contribution >= 4 is 34.9 Å². The SMILES string of the molecule is COC(=O)c1cccc(Nc2nc(C)cc(Nc3cccc(C(C)=O)c3)n2)c1. The Balaban J connectivity index is 1.83.